The van der Waals surface area contributed by atoms with Crippen molar-refractivity contribution in [2.45, 2.75) is 0 Å². The Bertz CT molecular complexity index is 158. The molecule has 0 aromatic heterocycles. The third kappa shape index (κ3) is 2.93. The van der Waals surface area contributed by atoms with Crippen molar-refractivity contribution in [2.75, 3.05) is 6.54 Å². The van der Waals surface area contributed by atoms with E-state index >= 15 is 0 Å². The van der Waals surface area contributed by atoms with Gasteiger partial charge in [0, 0.05) is 11.9 Å². The minimum Gasteiger partial charge on any atom is -0.401 e. The number of rotatable bonds is 0. The van der Waals surface area contributed by atoms with Crippen molar-refractivity contribution in [1.29, 1.82) is 0 Å². The van der Waals surface area contributed by atoms with Crippen LogP contribution in [0.1, 0.15) is 0 Å². The zero-order valence-electron chi connectivity index (χ0n) is 4.95. The number of aliphatic imine (C=N–C) groups is 1. The summed E-state index contributed by atoms with van der Waals surface area (Å²) in [5.74, 6) is 0. The minimum absolute atomic E-state index is 0. The normalized spacial score (nSPS) is 15.8. The van der Waals surface area contributed by atoms with Gasteiger partial charge in [-0.25, -0.2) is 0 Å². The first kappa shape index (κ1) is 8.24. The summed E-state index contributed by atoms with van der Waals surface area (Å²) in [7, 11) is 0. The fourth-order valence-corrected chi connectivity index (χ4v) is 0.501. The Labute approximate surface area is 60.6 Å². The Hall–Kier alpha value is -0.760. The largest absolute Gasteiger partial charge is 0.401 e. The molecule has 0 saturated carbocycles. The Morgan fingerprint density at radius 3 is 3.00 bits per heavy atom. The van der Waals surface area contributed by atoms with Crippen LogP contribution in [0.15, 0.2) is 28.9 Å². The highest BCUT2D eigenvalue weighted by atomic mass is 35.5. The molecular weight excluding hydrogens is 136 g/mol. The molecule has 0 saturated heterocycles. The number of nitrogens with zero attached hydrogens (tertiary/aromatic N) is 1. The summed E-state index contributed by atoms with van der Waals surface area (Å²) in [6.07, 6.45) is 7.34. The van der Waals surface area contributed by atoms with E-state index < -0.39 is 0 Å². The molecule has 0 aliphatic carbocycles. The second kappa shape index (κ2) is 4.15. The first-order valence-corrected chi connectivity index (χ1v) is 2.51. The first-order chi connectivity index (χ1) is 3.89. The van der Waals surface area contributed by atoms with Crippen LogP contribution < -0.4 is 5.73 Å². The van der Waals surface area contributed by atoms with Crippen LogP contribution >= 0.6 is 12.4 Å². The molecule has 9 heavy (non-hydrogen) atoms. The highest BCUT2D eigenvalue weighted by molar-refractivity contribution is 5.85. The molecule has 2 nitrogen and oxygen atoms in total. The molecule has 1 aliphatic heterocycles. The van der Waals surface area contributed by atoms with Crippen LogP contribution in [0.5, 0.6) is 0 Å². The smallest absolute Gasteiger partial charge is 0.0784 e. The van der Waals surface area contributed by atoms with E-state index in [0.717, 1.165) is 5.70 Å². The van der Waals surface area contributed by atoms with Crippen LogP contribution in [0.4, 0.5) is 0 Å². The van der Waals surface area contributed by atoms with Crippen molar-refractivity contribution in [3.05, 3.63) is 23.9 Å². The van der Waals surface area contributed by atoms with Crippen molar-refractivity contribution in [1.82, 2.24) is 0 Å². The molecule has 0 bridgehead atoms. The molecule has 0 atom stereocenters. The third-order valence-corrected chi connectivity index (χ3v) is 0.887. The number of nitrogens with two attached hydrogens (primary N) is 1. The number of hydrogen-bond donors (Lipinski definition) is 1. The van der Waals surface area contributed by atoms with E-state index in [-0.39, 0.29) is 12.4 Å². The zero-order valence-corrected chi connectivity index (χ0v) is 5.77. The fourth-order valence-electron chi connectivity index (χ4n) is 0.501. The van der Waals surface area contributed by atoms with Gasteiger partial charge in [0.05, 0.1) is 6.54 Å². The summed E-state index contributed by atoms with van der Waals surface area (Å²) in [6.45, 7) is 0.632. The van der Waals surface area contributed by atoms with Gasteiger partial charge in [0.15, 0.2) is 0 Å². The predicted molar refractivity (Wildman–Crippen MR) is 42.0 cm³/mol. The maximum absolute atomic E-state index is 5.43. The summed E-state index contributed by atoms with van der Waals surface area (Å²) < 4.78 is 0. The lowest BCUT2D eigenvalue weighted by atomic mass is 10.4. The standard InChI is InChI=1S/C6H8N2.ClH/c7-6-3-1-2-4-8-5-6;/h1-4H,5,7H2;1H. The molecule has 50 valence electrons. The van der Waals surface area contributed by atoms with Gasteiger partial charge in [-0.15, -0.1) is 12.4 Å². The topological polar surface area (TPSA) is 38.4 Å². The Balaban J connectivity index is 0.000000640. The van der Waals surface area contributed by atoms with Gasteiger partial charge in [0.1, 0.15) is 0 Å². The van der Waals surface area contributed by atoms with E-state index in [9.17, 15) is 0 Å². The van der Waals surface area contributed by atoms with Gasteiger partial charge < -0.3 is 5.73 Å². The fraction of sp³-hybridized carbons (Fsp3) is 0.167. The molecule has 0 aromatic carbocycles. The molecule has 0 radical (unpaired) electrons. The van der Waals surface area contributed by atoms with E-state index in [2.05, 4.69) is 4.99 Å². The lowest BCUT2D eigenvalue weighted by Crippen LogP contribution is -1.98. The quantitative estimate of drug-likeness (QED) is 0.539. The Morgan fingerprint density at radius 2 is 2.22 bits per heavy atom. The lowest BCUT2D eigenvalue weighted by molar-refractivity contribution is 1.12. The monoisotopic (exact) mass is 144 g/mol. The van der Waals surface area contributed by atoms with Crippen LogP contribution in [0.2, 0.25) is 0 Å². The summed E-state index contributed by atoms with van der Waals surface area (Å²) in [5.41, 5.74) is 6.25. The van der Waals surface area contributed by atoms with E-state index in [1.54, 1.807) is 6.21 Å². The maximum atomic E-state index is 5.43. The highest BCUT2D eigenvalue weighted by Crippen LogP contribution is 1.89. The third-order valence-electron chi connectivity index (χ3n) is 0.887. The molecule has 1 heterocycles. The van der Waals surface area contributed by atoms with Gasteiger partial charge in [0.2, 0.25) is 0 Å². The van der Waals surface area contributed by atoms with Crippen LogP contribution in [-0.2, 0) is 0 Å². The molecule has 3 heteroatoms. The molecule has 0 fully saturated rings. The van der Waals surface area contributed by atoms with Gasteiger partial charge in [-0.1, -0.05) is 6.08 Å². The number of allylic oxidation sites excluding steroid dienone is 3. The van der Waals surface area contributed by atoms with Gasteiger partial charge in [-0.2, -0.15) is 0 Å². The number of halogens is 1. The van der Waals surface area contributed by atoms with Gasteiger partial charge in [-0.3, -0.25) is 4.99 Å². The van der Waals surface area contributed by atoms with Gasteiger partial charge in [0.25, 0.3) is 0 Å². The van der Waals surface area contributed by atoms with Crippen LogP contribution in [0.25, 0.3) is 0 Å². The van der Waals surface area contributed by atoms with Gasteiger partial charge in [-0.05, 0) is 12.2 Å². The summed E-state index contributed by atoms with van der Waals surface area (Å²) in [4.78, 5) is 3.95. The molecule has 1 rings (SSSR count). The zero-order chi connectivity index (χ0) is 5.82. The summed E-state index contributed by atoms with van der Waals surface area (Å²) in [5, 5.41) is 0. The average Bonchev–Trinajstić information content (AvgIpc) is 1.94. The molecule has 1 aliphatic rings. The molecule has 0 amide bonds. The second-order valence-electron chi connectivity index (χ2n) is 1.62. The minimum atomic E-state index is 0. The van der Waals surface area contributed by atoms with Crippen LogP contribution in [0.3, 0.4) is 0 Å². The molecular formula is C6H9ClN2. The maximum Gasteiger partial charge on any atom is 0.0784 e. The number of hydrogen-bond acceptors (Lipinski definition) is 2. The SMILES string of the molecule is Cl.NC1=CC=CC=NC1. The van der Waals surface area contributed by atoms with Crippen molar-refractivity contribution in [3.8, 4) is 0 Å². The van der Waals surface area contributed by atoms with E-state index in [0.29, 0.717) is 6.54 Å². The molecule has 0 unspecified atom stereocenters. The lowest BCUT2D eigenvalue weighted by Gasteiger charge is -1.87. The van der Waals surface area contributed by atoms with Crippen molar-refractivity contribution >= 4 is 18.6 Å². The van der Waals surface area contributed by atoms with E-state index in [4.69, 9.17) is 5.73 Å². The average molecular weight is 145 g/mol. The van der Waals surface area contributed by atoms with E-state index in [1.165, 1.54) is 0 Å². The first-order valence-electron chi connectivity index (χ1n) is 2.51. The van der Waals surface area contributed by atoms with Crippen molar-refractivity contribution in [2.24, 2.45) is 10.7 Å². The second-order valence-corrected chi connectivity index (χ2v) is 1.62. The van der Waals surface area contributed by atoms with Crippen LogP contribution in [-0.4, -0.2) is 12.8 Å². The van der Waals surface area contributed by atoms with Gasteiger partial charge >= 0.3 is 0 Å². The predicted octanol–water partition coefficient (Wildman–Crippen LogP) is 0.891. The van der Waals surface area contributed by atoms with E-state index in [1.807, 2.05) is 18.2 Å². The van der Waals surface area contributed by atoms with Crippen molar-refractivity contribution in [3.63, 3.8) is 0 Å². The molecule has 2 N–H and O–H groups in total. The highest BCUT2D eigenvalue weighted by Gasteiger charge is 1.84. The molecule has 0 spiro atoms. The summed E-state index contributed by atoms with van der Waals surface area (Å²) >= 11 is 0. The summed E-state index contributed by atoms with van der Waals surface area (Å²) in [6, 6.07) is 0. The molecule has 0 aromatic rings. The Morgan fingerprint density at radius 1 is 1.44 bits per heavy atom. The van der Waals surface area contributed by atoms with Crippen molar-refractivity contribution < 1.29 is 0 Å². The Kier molecular flexibility index (Phi) is 3.80. The van der Waals surface area contributed by atoms with Crippen LogP contribution in [0, 0.1) is 0 Å².